The maximum absolute atomic E-state index is 12.3. The van der Waals surface area contributed by atoms with Crippen molar-refractivity contribution in [2.45, 2.75) is 5.54 Å². The summed E-state index contributed by atoms with van der Waals surface area (Å²) in [6.07, 6.45) is -0.363. The van der Waals surface area contributed by atoms with Gasteiger partial charge in [-0.15, -0.1) is 0 Å². The molecule has 3 aromatic carbocycles. The lowest BCUT2D eigenvalue weighted by Crippen LogP contribution is -2.57. The summed E-state index contributed by atoms with van der Waals surface area (Å²) in [5, 5.41) is 8.94. The highest BCUT2D eigenvalue weighted by atomic mass is 16.6. The average molecular weight is 417 g/mol. The summed E-state index contributed by atoms with van der Waals surface area (Å²) in [7, 11) is 0. The van der Waals surface area contributed by atoms with E-state index in [4.69, 9.17) is 9.84 Å². The topological polar surface area (TPSA) is 53.0 Å². The zero-order valence-corrected chi connectivity index (χ0v) is 17.6. The zero-order chi connectivity index (χ0) is 21.5. The number of nitrogens with zero attached hydrogens (tertiary/aromatic N) is 2. The Morgan fingerprint density at radius 1 is 0.742 bits per heavy atom. The maximum Gasteiger partial charge on any atom is 0.409 e. The minimum Gasteiger partial charge on any atom is -0.447 e. The van der Waals surface area contributed by atoms with Crippen molar-refractivity contribution < 1.29 is 14.6 Å². The van der Waals surface area contributed by atoms with E-state index in [1.807, 2.05) is 18.2 Å². The number of amides is 1. The lowest BCUT2D eigenvalue weighted by atomic mass is 9.75. The van der Waals surface area contributed by atoms with E-state index in [0.717, 1.165) is 0 Å². The summed E-state index contributed by atoms with van der Waals surface area (Å²) < 4.78 is 5.12. The summed E-state index contributed by atoms with van der Waals surface area (Å²) in [6, 6.07) is 31.7. The third kappa shape index (κ3) is 4.20. The smallest absolute Gasteiger partial charge is 0.409 e. The van der Waals surface area contributed by atoms with Gasteiger partial charge in [0.1, 0.15) is 6.61 Å². The molecule has 160 valence electrons. The van der Waals surface area contributed by atoms with Crippen molar-refractivity contribution in [1.29, 1.82) is 0 Å². The fourth-order valence-electron chi connectivity index (χ4n) is 4.53. The average Bonchev–Trinajstić information content (AvgIpc) is 2.85. The molecule has 0 bridgehead atoms. The minimum atomic E-state index is -0.467. The van der Waals surface area contributed by atoms with Crippen LogP contribution in [-0.4, -0.2) is 60.4 Å². The van der Waals surface area contributed by atoms with Crippen LogP contribution in [0.1, 0.15) is 16.7 Å². The Labute approximate surface area is 183 Å². The molecule has 1 N–H and O–H groups in total. The number of hydrogen-bond acceptors (Lipinski definition) is 4. The molecule has 0 spiro atoms. The van der Waals surface area contributed by atoms with Crippen molar-refractivity contribution in [2.24, 2.45) is 0 Å². The lowest BCUT2D eigenvalue weighted by molar-refractivity contribution is 0.0452. The van der Waals surface area contributed by atoms with Gasteiger partial charge < -0.3 is 14.7 Å². The Balaban J connectivity index is 1.76. The summed E-state index contributed by atoms with van der Waals surface area (Å²) in [4.78, 5) is 16.5. The molecule has 1 heterocycles. The first-order valence-corrected chi connectivity index (χ1v) is 10.7. The van der Waals surface area contributed by atoms with Crippen LogP contribution in [0.3, 0.4) is 0 Å². The highest BCUT2D eigenvalue weighted by molar-refractivity contribution is 5.67. The second-order valence-corrected chi connectivity index (χ2v) is 7.62. The summed E-state index contributed by atoms with van der Waals surface area (Å²) in [6.45, 7) is 2.41. The van der Waals surface area contributed by atoms with Crippen LogP contribution < -0.4 is 0 Å². The quantitative estimate of drug-likeness (QED) is 0.622. The fourth-order valence-corrected chi connectivity index (χ4v) is 4.53. The van der Waals surface area contributed by atoms with Crippen LogP contribution in [-0.2, 0) is 10.3 Å². The van der Waals surface area contributed by atoms with Gasteiger partial charge in [-0.2, -0.15) is 0 Å². The molecule has 0 radical (unpaired) electrons. The number of ether oxygens (including phenoxy) is 1. The fraction of sp³-hybridized carbons (Fsp3) is 0.269. The van der Waals surface area contributed by atoms with Crippen molar-refractivity contribution in [3.05, 3.63) is 108 Å². The Morgan fingerprint density at radius 3 is 1.55 bits per heavy atom. The first-order chi connectivity index (χ1) is 15.3. The van der Waals surface area contributed by atoms with E-state index in [1.165, 1.54) is 16.7 Å². The maximum atomic E-state index is 12.3. The van der Waals surface area contributed by atoms with Gasteiger partial charge in [0.2, 0.25) is 0 Å². The molecule has 0 unspecified atom stereocenters. The highest BCUT2D eigenvalue weighted by Gasteiger charge is 2.43. The zero-order valence-electron chi connectivity index (χ0n) is 17.6. The van der Waals surface area contributed by atoms with Crippen molar-refractivity contribution in [1.82, 2.24) is 9.80 Å². The van der Waals surface area contributed by atoms with Crippen molar-refractivity contribution in [2.75, 3.05) is 39.4 Å². The van der Waals surface area contributed by atoms with Crippen molar-refractivity contribution >= 4 is 6.09 Å². The van der Waals surface area contributed by atoms with Crippen LogP contribution >= 0.6 is 0 Å². The SMILES string of the molecule is O=C(OCCO)N1CCN(C(c2ccccc2)(c2ccccc2)c2ccccc2)CC1. The number of carbonyl (C=O) groups is 1. The van der Waals surface area contributed by atoms with Crippen LogP contribution in [0.25, 0.3) is 0 Å². The van der Waals surface area contributed by atoms with Crippen molar-refractivity contribution in [3.8, 4) is 0 Å². The Bertz CT molecular complexity index is 859. The third-order valence-electron chi connectivity index (χ3n) is 5.90. The Hall–Kier alpha value is -3.15. The van der Waals surface area contributed by atoms with Crippen LogP contribution in [0.5, 0.6) is 0 Å². The van der Waals surface area contributed by atoms with Crippen LogP contribution in [0.15, 0.2) is 91.0 Å². The minimum absolute atomic E-state index is 0.0288. The van der Waals surface area contributed by atoms with Crippen LogP contribution in [0.4, 0.5) is 4.79 Å². The molecule has 1 saturated heterocycles. The molecule has 1 aliphatic rings. The van der Waals surface area contributed by atoms with Gasteiger partial charge in [0.25, 0.3) is 0 Å². The van der Waals surface area contributed by atoms with E-state index in [9.17, 15) is 4.79 Å². The number of hydrogen-bond donors (Lipinski definition) is 1. The lowest BCUT2D eigenvalue weighted by Gasteiger charge is -2.48. The third-order valence-corrected chi connectivity index (χ3v) is 5.90. The summed E-state index contributed by atoms with van der Waals surface area (Å²) >= 11 is 0. The van der Waals surface area contributed by atoms with Gasteiger partial charge >= 0.3 is 6.09 Å². The number of benzene rings is 3. The summed E-state index contributed by atoms with van der Waals surface area (Å²) in [5.41, 5.74) is 3.13. The molecule has 1 amide bonds. The molecule has 0 aliphatic carbocycles. The molecular formula is C26H28N2O3. The van der Waals surface area contributed by atoms with Gasteiger partial charge in [0.05, 0.1) is 12.1 Å². The molecule has 4 rings (SSSR count). The first kappa shape index (κ1) is 21.1. The Morgan fingerprint density at radius 2 is 1.16 bits per heavy atom. The second kappa shape index (κ2) is 9.77. The Kier molecular flexibility index (Phi) is 6.65. The summed E-state index contributed by atoms with van der Waals surface area (Å²) in [5.74, 6) is 0. The number of carbonyl (C=O) groups excluding carboxylic acids is 1. The van der Waals surface area contributed by atoms with E-state index >= 15 is 0 Å². The van der Waals surface area contributed by atoms with Crippen LogP contribution in [0.2, 0.25) is 0 Å². The molecule has 5 nitrogen and oxygen atoms in total. The standard InChI is InChI=1S/C26H28N2O3/c29-20-21-31-25(30)27-16-18-28(19-17-27)26(22-10-4-1-5-11-22,23-12-6-2-7-13-23)24-14-8-3-9-15-24/h1-15,29H,16-21H2. The van der Waals surface area contributed by atoms with E-state index < -0.39 is 5.54 Å². The molecule has 0 aromatic heterocycles. The van der Waals surface area contributed by atoms with Gasteiger partial charge in [0, 0.05) is 26.2 Å². The number of aliphatic hydroxyl groups is 1. The molecule has 0 saturated carbocycles. The van der Waals surface area contributed by atoms with E-state index in [2.05, 4.69) is 77.7 Å². The van der Waals surface area contributed by atoms with E-state index in [0.29, 0.717) is 26.2 Å². The van der Waals surface area contributed by atoms with Gasteiger partial charge in [-0.25, -0.2) is 4.79 Å². The number of piperazine rings is 1. The molecule has 31 heavy (non-hydrogen) atoms. The number of aliphatic hydroxyl groups excluding tert-OH is 1. The van der Waals surface area contributed by atoms with Gasteiger partial charge in [-0.3, -0.25) is 4.90 Å². The van der Waals surface area contributed by atoms with E-state index in [1.54, 1.807) is 4.90 Å². The number of rotatable bonds is 6. The molecule has 3 aromatic rings. The predicted octanol–water partition coefficient (Wildman–Crippen LogP) is 3.73. The van der Waals surface area contributed by atoms with Crippen molar-refractivity contribution in [3.63, 3.8) is 0 Å². The molecular weight excluding hydrogens is 388 g/mol. The normalized spacial score (nSPS) is 14.9. The second-order valence-electron chi connectivity index (χ2n) is 7.62. The molecule has 1 aliphatic heterocycles. The highest BCUT2D eigenvalue weighted by Crippen LogP contribution is 2.42. The monoisotopic (exact) mass is 416 g/mol. The van der Waals surface area contributed by atoms with Crippen LogP contribution in [0, 0.1) is 0 Å². The molecule has 5 heteroatoms. The first-order valence-electron chi connectivity index (χ1n) is 10.7. The largest absolute Gasteiger partial charge is 0.447 e. The van der Waals surface area contributed by atoms with Gasteiger partial charge in [0.15, 0.2) is 0 Å². The molecule has 1 fully saturated rings. The van der Waals surface area contributed by atoms with E-state index in [-0.39, 0.29) is 19.3 Å². The predicted molar refractivity (Wildman–Crippen MR) is 121 cm³/mol. The van der Waals surface area contributed by atoms with Gasteiger partial charge in [-0.05, 0) is 16.7 Å². The van der Waals surface area contributed by atoms with Gasteiger partial charge in [-0.1, -0.05) is 91.0 Å². The molecule has 0 atom stereocenters.